The molecule has 0 heterocycles. The summed E-state index contributed by atoms with van der Waals surface area (Å²) in [5, 5.41) is 20.8. The van der Waals surface area contributed by atoms with Crippen LogP contribution in [0.1, 0.15) is 5.56 Å². The molecule has 0 saturated heterocycles. The van der Waals surface area contributed by atoms with Gasteiger partial charge in [0.05, 0.1) is 13.2 Å². The van der Waals surface area contributed by atoms with E-state index in [1.807, 2.05) is 0 Å². The van der Waals surface area contributed by atoms with Crippen molar-refractivity contribution in [3.63, 3.8) is 0 Å². The Bertz CT molecular complexity index is 661. The molecule has 0 unspecified atom stereocenters. The molecule has 0 bridgehead atoms. The molecular formula is C16H19BN2O4. The van der Waals surface area contributed by atoms with Gasteiger partial charge in [-0.1, -0.05) is 30.3 Å². The molecule has 6 nitrogen and oxygen atoms in total. The summed E-state index contributed by atoms with van der Waals surface area (Å²) in [7, 11) is 0.0497. The van der Waals surface area contributed by atoms with E-state index in [2.05, 4.69) is 5.32 Å². The molecule has 1 amide bonds. The van der Waals surface area contributed by atoms with Gasteiger partial charge in [0, 0.05) is 11.8 Å². The van der Waals surface area contributed by atoms with Gasteiger partial charge in [-0.15, -0.1) is 0 Å². The number of carbonyl (C=O) groups is 1. The zero-order valence-corrected chi connectivity index (χ0v) is 12.8. The molecule has 0 aliphatic carbocycles. The van der Waals surface area contributed by atoms with Crippen LogP contribution in [0.2, 0.25) is 0 Å². The van der Waals surface area contributed by atoms with E-state index in [-0.39, 0.29) is 5.91 Å². The van der Waals surface area contributed by atoms with Gasteiger partial charge in [0.2, 0.25) is 5.91 Å². The Morgan fingerprint density at radius 3 is 2.57 bits per heavy atom. The average Bonchev–Trinajstić information content (AvgIpc) is 2.55. The highest BCUT2D eigenvalue weighted by Crippen LogP contribution is 2.17. The van der Waals surface area contributed by atoms with Crippen molar-refractivity contribution in [3.05, 3.63) is 54.1 Å². The SMILES string of the molecule is COc1cccc(NC(=O)[C@H](N)Cc2ccc(B(O)O)cc2)c1. The quantitative estimate of drug-likeness (QED) is 0.557. The lowest BCUT2D eigenvalue weighted by Crippen LogP contribution is -2.37. The van der Waals surface area contributed by atoms with Crippen LogP contribution in [0.25, 0.3) is 0 Å². The lowest BCUT2D eigenvalue weighted by atomic mass is 9.80. The normalized spacial score (nSPS) is 11.7. The second kappa shape index (κ2) is 7.78. The summed E-state index contributed by atoms with van der Waals surface area (Å²) in [5.41, 5.74) is 7.77. The summed E-state index contributed by atoms with van der Waals surface area (Å²) in [6.07, 6.45) is 0.345. The molecule has 0 saturated carbocycles. The smallest absolute Gasteiger partial charge is 0.488 e. The average molecular weight is 314 g/mol. The molecule has 2 aromatic carbocycles. The second-order valence-electron chi connectivity index (χ2n) is 5.15. The molecule has 5 N–H and O–H groups in total. The van der Waals surface area contributed by atoms with Crippen molar-refractivity contribution in [1.82, 2.24) is 0 Å². The van der Waals surface area contributed by atoms with Crippen LogP contribution >= 0.6 is 0 Å². The van der Waals surface area contributed by atoms with Crippen LogP contribution in [-0.2, 0) is 11.2 Å². The van der Waals surface area contributed by atoms with Gasteiger partial charge < -0.3 is 25.8 Å². The number of nitrogens with two attached hydrogens (primary N) is 1. The predicted octanol–water partition coefficient (Wildman–Crippen LogP) is -0.116. The van der Waals surface area contributed by atoms with E-state index in [0.717, 1.165) is 5.56 Å². The van der Waals surface area contributed by atoms with Gasteiger partial charge in [0.25, 0.3) is 0 Å². The minimum absolute atomic E-state index is 0.301. The number of nitrogens with one attached hydrogen (secondary N) is 1. The van der Waals surface area contributed by atoms with Gasteiger partial charge in [-0.3, -0.25) is 4.79 Å². The third-order valence-corrected chi connectivity index (χ3v) is 3.41. The van der Waals surface area contributed by atoms with Crippen molar-refractivity contribution in [2.24, 2.45) is 5.73 Å². The summed E-state index contributed by atoms with van der Waals surface area (Å²) in [4.78, 5) is 12.1. The number of carbonyl (C=O) groups excluding carboxylic acids is 1. The molecule has 2 rings (SSSR count). The largest absolute Gasteiger partial charge is 0.497 e. The van der Waals surface area contributed by atoms with Gasteiger partial charge in [-0.2, -0.15) is 0 Å². The molecule has 1 atom stereocenters. The Balaban J connectivity index is 1.96. The van der Waals surface area contributed by atoms with Gasteiger partial charge in [0.1, 0.15) is 5.75 Å². The first kappa shape index (κ1) is 17.0. The molecule has 0 radical (unpaired) electrons. The Hall–Kier alpha value is -2.35. The minimum Gasteiger partial charge on any atom is -0.497 e. The third-order valence-electron chi connectivity index (χ3n) is 3.41. The van der Waals surface area contributed by atoms with Crippen molar-refractivity contribution in [2.75, 3.05) is 12.4 Å². The van der Waals surface area contributed by atoms with Crippen molar-refractivity contribution in [2.45, 2.75) is 12.5 Å². The van der Waals surface area contributed by atoms with Crippen LogP contribution in [0, 0.1) is 0 Å². The van der Waals surface area contributed by atoms with Gasteiger partial charge in [-0.25, -0.2) is 0 Å². The van der Waals surface area contributed by atoms with Gasteiger partial charge >= 0.3 is 7.12 Å². The molecule has 7 heteroatoms. The van der Waals surface area contributed by atoms with Crippen molar-refractivity contribution >= 4 is 24.2 Å². The Morgan fingerprint density at radius 2 is 1.96 bits per heavy atom. The van der Waals surface area contributed by atoms with E-state index in [4.69, 9.17) is 20.5 Å². The summed E-state index contributed by atoms with van der Waals surface area (Å²) in [6.45, 7) is 0. The molecule has 23 heavy (non-hydrogen) atoms. The highest BCUT2D eigenvalue weighted by molar-refractivity contribution is 6.58. The maximum atomic E-state index is 12.1. The number of ether oxygens (including phenoxy) is 1. The van der Waals surface area contributed by atoms with Crippen LogP contribution in [-0.4, -0.2) is 36.2 Å². The monoisotopic (exact) mass is 314 g/mol. The number of hydrogen-bond donors (Lipinski definition) is 4. The standard InChI is InChI=1S/C16H19BN2O4/c1-23-14-4-2-3-13(10-14)19-16(20)15(18)9-11-5-7-12(8-6-11)17(21)22/h2-8,10,15,21-22H,9,18H2,1H3,(H,19,20)/t15-/m1/s1. The molecule has 0 aliphatic rings. The summed E-state index contributed by atoms with van der Waals surface area (Å²) >= 11 is 0. The van der Waals surface area contributed by atoms with Crippen molar-refractivity contribution in [3.8, 4) is 5.75 Å². The van der Waals surface area contributed by atoms with Gasteiger partial charge in [0.15, 0.2) is 0 Å². The zero-order valence-electron chi connectivity index (χ0n) is 12.8. The number of benzene rings is 2. The molecule has 2 aromatic rings. The number of amides is 1. The lowest BCUT2D eigenvalue weighted by Gasteiger charge is -2.13. The van der Waals surface area contributed by atoms with E-state index in [1.54, 1.807) is 55.6 Å². The molecule has 0 fully saturated rings. The minimum atomic E-state index is -1.51. The van der Waals surface area contributed by atoms with Crippen LogP contribution in [0.3, 0.4) is 0 Å². The fourth-order valence-electron chi connectivity index (χ4n) is 2.11. The first-order valence-electron chi connectivity index (χ1n) is 7.15. The van der Waals surface area contributed by atoms with Crippen molar-refractivity contribution < 1.29 is 19.6 Å². The first-order valence-corrected chi connectivity index (χ1v) is 7.15. The van der Waals surface area contributed by atoms with Gasteiger partial charge in [-0.05, 0) is 29.6 Å². The maximum absolute atomic E-state index is 12.1. The van der Waals surface area contributed by atoms with E-state index >= 15 is 0 Å². The van der Waals surface area contributed by atoms with Crippen LogP contribution in [0.15, 0.2) is 48.5 Å². The molecule has 120 valence electrons. The highest BCUT2D eigenvalue weighted by atomic mass is 16.5. The number of hydrogen-bond acceptors (Lipinski definition) is 5. The van der Waals surface area contributed by atoms with Crippen LogP contribution in [0.5, 0.6) is 5.75 Å². The topological polar surface area (TPSA) is 105 Å². The Kier molecular flexibility index (Phi) is 5.75. The third kappa shape index (κ3) is 4.82. The zero-order chi connectivity index (χ0) is 16.8. The Morgan fingerprint density at radius 1 is 1.26 bits per heavy atom. The second-order valence-corrected chi connectivity index (χ2v) is 5.15. The fraction of sp³-hybridized carbons (Fsp3) is 0.188. The number of methoxy groups -OCH3 is 1. The van der Waals surface area contributed by atoms with Crippen molar-refractivity contribution in [1.29, 1.82) is 0 Å². The van der Waals surface area contributed by atoms with Crippen LogP contribution < -0.4 is 21.3 Å². The first-order chi connectivity index (χ1) is 11.0. The lowest BCUT2D eigenvalue weighted by molar-refractivity contribution is -0.117. The molecular weight excluding hydrogens is 295 g/mol. The summed E-state index contributed by atoms with van der Waals surface area (Å²) < 4.78 is 5.10. The highest BCUT2D eigenvalue weighted by Gasteiger charge is 2.16. The molecule has 0 spiro atoms. The summed E-state index contributed by atoms with van der Waals surface area (Å²) in [5.74, 6) is 0.346. The van der Waals surface area contributed by atoms with E-state index in [1.165, 1.54) is 0 Å². The van der Waals surface area contributed by atoms with E-state index in [9.17, 15) is 4.79 Å². The fourth-order valence-corrected chi connectivity index (χ4v) is 2.11. The van der Waals surface area contributed by atoms with E-state index in [0.29, 0.717) is 23.3 Å². The molecule has 0 aromatic heterocycles. The predicted molar refractivity (Wildman–Crippen MR) is 89.6 cm³/mol. The number of rotatable bonds is 6. The molecule has 0 aliphatic heterocycles. The van der Waals surface area contributed by atoms with Crippen LogP contribution in [0.4, 0.5) is 5.69 Å². The number of anilines is 1. The summed E-state index contributed by atoms with van der Waals surface area (Å²) in [6, 6.07) is 12.9. The Labute approximate surface area is 135 Å². The van der Waals surface area contributed by atoms with E-state index < -0.39 is 13.2 Å². The maximum Gasteiger partial charge on any atom is 0.488 e.